The molecule has 0 spiro atoms. The van der Waals surface area contributed by atoms with Crippen LogP contribution in [-0.2, 0) is 9.59 Å². The Bertz CT molecular complexity index is 253. The lowest BCUT2D eigenvalue weighted by atomic mass is 10.1. The average molecular weight is 203 g/mol. The molecular formula is C8H11ClN2O2. The van der Waals surface area contributed by atoms with Crippen LogP contribution < -0.4 is 10.6 Å². The van der Waals surface area contributed by atoms with Crippen molar-refractivity contribution >= 4 is 23.4 Å². The van der Waals surface area contributed by atoms with Crippen LogP contribution in [0.3, 0.4) is 0 Å². The molecule has 0 bridgehead atoms. The molecule has 0 aromatic heterocycles. The van der Waals surface area contributed by atoms with Gasteiger partial charge in [0.05, 0.1) is 12.5 Å². The smallest absolute Gasteiger partial charge is 0.225 e. The summed E-state index contributed by atoms with van der Waals surface area (Å²) in [5, 5.41) is 5.55. The van der Waals surface area contributed by atoms with E-state index < -0.39 is 0 Å². The fraction of sp³-hybridized carbons (Fsp3) is 0.500. The molecule has 1 saturated heterocycles. The van der Waals surface area contributed by atoms with E-state index >= 15 is 0 Å². The quantitative estimate of drug-likeness (QED) is 0.677. The zero-order chi connectivity index (χ0) is 9.84. The minimum Gasteiger partial charge on any atom is -0.355 e. The lowest BCUT2D eigenvalue weighted by Gasteiger charge is -2.07. The fourth-order valence-corrected chi connectivity index (χ4v) is 1.18. The number of carbonyl (C=O) groups is 2. The summed E-state index contributed by atoms with van der Waals surface area (Å²) >= 11 is 5.47. The topological polar surface area (TPSA) is 58.2 Å². The summed E-state index contributed by atoms with van der Waals surface area (Å²) in [5.41, 5.74) is 0. The van der Waals surface area contributed by atoms with Crippen LogP contribution in [0.15, 0.2) is 11.6 Å². The van der Waals surface area contributed by atoms with Gasteiger partial charge < -0.3 is 10.6 Å². The van der Waals surface area contributed by atoms with Gasteiger partial charge in [0.1, 0.15) is 0 Å². The van der Waals surface area contributed by atoms with Crippen molar-refractivity contribution in [2.45, 2.75) is 6.42 Å². The average Bonchev–Trinajstić information content (AvgIpc) is 2.47. The molecule has 1 aliphatic heterocycles. The molecule has 4 nitrogen and oxygen atoms in total. The summed E-state index contributed by atoms with van der Waals surface area (Å²) in [4.78, 5) is 22.1. The van der Waals surface area contributed by atoms with Crippen LogP contribution in [0.1, 0.15) is 6.42 Å². The van der Waals surface area contributed by atoms with Crippen LogP contribution in [0.5, 0.6) is 0 Å². The van der Waals surface area contributed by atoms with Gasteiger partial charge in [0, 0.05) is 18.0 Å². The summed E-state index contributed by atoms with van der Waals surface area (Å²) in [6.07, 6.45) is 0.264. The molecule has 5 heteroatoms. The Balaban J connectivity index is 2.31. The van der Waals surface area contributed by atoms with E-state index in [1.165, 1.54) is 0 Å². The lowest BCUT2D eigenvalue weighted by molar-refractivity contribution is -0.126. The first-order valence-corrected chi connectivity index (χ1v) is 4.35. The van der Waals surface area contributed by atoms with Gasteiger partial charge in [-0.1, -0.05) is 18.2 Å². The van der Waals surface area contributed by atoms with Crippen molar-refractivity contribution in [2.24, 2.45) is 5.92 Å². The Kier molecular flexibility index (Phi) is 3.31. The van der Waals surface area contributed by atoms with E-state index in [1.54, 1.807) is 0 Å². The molecule has 72 valence electrons. The molecule has 1 rings (SSSR count). The Morgan fingerprint density at radius 1 is 1.77 bits per heavy atom. The van der Waals surface area contributed by atoms with Crippen molar-refractivity contribution in [3.8, 4) is 0 Å². The van der Waals surface area contributed by atoms with Gasteiger partial charge in [-0.05, 0) is 0 Å². The van der Waals surface area contributed by atoms with E-state index in [1.807, 2.05) is 0 Å². The first-order chi connectivity index (χ1) is 6.09. The highest BCUT2D eigenvalue weighted by atomic mass is 35.5. The second-order valence-electron chi connectivity index (χ2n) is 2.94. The molecule has 1 unspecified atom stereocenters. The maximum atomic E-state index is 11.3. The van der Waals surface area contributed by atoms with Crippen LogP contribution in [0.25, 0.3) is 0 Å². The molecule has 1 atom stereocenters. The molecule has 0 saturated carbocycles. The van der Waals surface area contributed by atoms with Crippen LogP contribution in [-0.4, -0.2) is 24.9 Å². The predicted octanol–water partition coefficient (Wildman–Crippen LogP) is -0.00880. The number of carbonyl (C=O) groups excluding carboxylic acids is 2. The molecule has 13 heavy (non-hydrogen) atoms. The first kappa shape index (κ1) is 10.1. The van der Waals surface area contributed by atoms with Crippen molar-refractivity contribution in [2.75, 3.05) is 13.1 Å². The highest BCUT2D eigenvalue weighted by Crippen LogP contribution is 2.08. The first-order valence-electron chi connectivity index (χ1n) is 3.97. The van der Waals surface area contributed by atoms with Crippen molar-refractivity contribution in [3.63, 3.8) is 0 Å². The minimum atomic E-state index is -0.261. The standard InChI is InChI=1S/C8H11ClN2O2/c1-5(9)3-11-8(13)6-2-7(12)10-4-6/h6H,1-4H2,(H,10,12)(H,11,13). The van der Waals surface area contributed by atoms with Crippen molar-refractivity contribution in [3.05, 3.63) is 11.6 Å². The third-order valence-electron chi connectivity index (χ3n) is 1.80. The highest BCUT2D eigenvalue weighted by molar-refractivity contribution is 6.29. The zero-order valence-electron chi connectivity index (χ0n) is 7.10. The summed E-state index contributed by atoms with van der Waals surface area (Å²) in [6.45, 7) is 4.11. The maximum absolute atomic E-state index is 11.3. The summed E-state index contributed by atoms with van der Waals surface area (Å²) < 4.78 is 0. The second kappa shape index (κ2) is 4.28. The molecule has 0 aromatic carbocycles. The van der Waals surface area contributed by atoms with Gasteiger partial charge in [-0.25, -0.2) is 0 Å². The number of rotatable bonds is 3. The highest BCUT2D eigenvalue weighted by Gasteiger charge is 2.27. The number of hydrogen-bond acceptors (Lipinski definition) is 2. The van der Waals surface area contributed by atoms with Crippen LogP contribution in [0.2, 0.25) is 0 Å². The third kappa shape index (κ3) is 3.06. The van der Waals surface area contributed by atoms with Gasteiger partial charge in [-0.3, -0.25) is 9.59 Å². The van der Waals surface area contributed by atoms with E-state index in [2.05, 4.69) is 17.2 Å². The lowest BCUT2D eigenvalue weighted by Crippen LogP contribution is -2.32. The van der Waals surface area contributed by atoms with Crippen LogP contribution in [0, 0.1) is 5.92 Å². The van der Waals surface area contributed by atoms with Gasteiger partial charge >= 0.3 is 0 Å². The Morgan fingerprint density at radius 2 is 2.46 bits per heavy atom. The van der Waals surface area contributed by atoms with Gasteiger partial charge in [0.2, 0.25) is 11.8 Å². The number of hydrogen-bond donors (Lipinski definition) is 2. The Hall–Kier alpha value is -1.03. The van der Waals surface area contributed by atoms with E-state index in [-0.39, 0.29) is 30.7 Å². The molecule has 0 aromatic rings. The van der Waals surface area contributed by atoms with E-state index in [0.717, 1.165) is 0 Å². The summed E-state index contributed by atoms with van der Waals surface area (Å²) in [6, 6.07) is 0. The van der Waals surface area contributed by atoms with Gasteiger partial charge in [0.25, 0.3) is 0 Å². The number of amides is 2. The largest absolute Gasteiger partial charge is 0.355 e. The van der Waals surface area contributed by atoms with E-state index in [4.69, 9.17) is 11.6 Å². The Labute approximate surface area is 81.3 Å². The van der Waals surface area contributed by atoms with E-state index in [9.17, 15) is 9.59 Å². The van der Waals surface area contributed by atoms with Crippen molar-refractivity contribution in [1.82, 2.24) is 10.6 Å². The summed E-state index contributed by atoms with van der Waals surface area (Å²) in [7, 11) is 0. The van der Waals surface area contributed by atoms with Crippen molar-refractivity contribution < 1.29 is 9.59 Å². The molecule has 0 radical (unpaired) electrons. The molecule has 2 amide bonds. The maximum Gasteiger partial charge on any atom is 0.225 e. The SMILES string of the molecule is C=C(Cl)CNC(=O)C1CNC(=O)C1. The van der Waals surface area contributed by atoms with Crippen molar-refractivity contribution in [1.29, 1.82) is 0 Å². The van der Waals surface area contributed by atoms with Gasteiger partial charge in [-0.2, -0.15) is 0 Å². The molecule has 2 N–H and O–H groups in total. The molecule has 1 heterocycles. The molecule has 1 aliphatic rings. The van der Waals surface area contributed by atoms with Crippen LogP contribution in [0.4, 0.5) is 0 Å². The predicted molar refractivity (Wildman–Crippen MR) is 49.1 cm³/mol. The normalized spacial score (nSPS) is 21.0. The monoisotopic (exact) mass is 202 g/mol. The van der Waals surface area contributed by atoms with Gasteiger partial charge in [-0.15, -0.1) is 0 Å². The minimum absolute atomic E-state index is 0.0788. The zero-order valence-corrected chi connectivity index (χ0v) is 7.86. The summed E-state index contributed by atoms with van der Waals surface area (Å²) in [5.74, 6) is -0.492. The fourth-order valence-electron chi connectivity index (χ4n) is 1.12. The van der Waals surface area contributed by atoms with Gasteiger partial charge in [0.15, 0.2) is 0 Å². The van der Waals surface area contributed by atoms with E-state index in [0.29, 0.717) is 11.6 Å². The molecule has 0 aliphatic carbocycles. The van der Waals surface area contributed by atoms with Crippen LogP contribution >= 0.6 is 11.6 Å². The number of halogens is 1. The Morgan fingerprint density at radius 3 is 2.92 bits per heavy atom. The third-order valence-corrected chi connectivity index (χ3v) is 1.94. The molecule has 1 fully saturated rings. The second-order valence-corrected chi connectivity index (χ2v) is 3.47. The number of nitrogens with one attached hydrogen (secondary N) is 2. The molecular weight excluding hydrogens is 192 g/mol.